The molecule has 1 heterocycles. The van der Waals surface area contributed by atoms with Gasteiger partial charge >= 0.3 is 27.7 Å². The third kappa shape index (κ3) is 3.51. The van der Waals surface area contributed by atoms with Crippen molar-refractivity contribution in [2.24, 2.45) is 5.92 Å². The summed E-state index contributed by atoms with van der Waals surface area (Å²) in [4.78, 5) is 0. The first-order valence-corrected chi connectivity index (χ1v) is 4.47. The van der Waals surface area contributed by atoms with E-state index in [1.54, 1.807) is 0 Å². The van der Waals surface area contributed by atoms with Gasteiger partial charge in [0, 0.05) is 5.92 Å². The van der Waals surface area contributed by atoms with Crippen LogP contribution in [0.4, 0.5) is 0 Å². The number of aliphatic hydroxyl groups is 1. The van der Waals surface area contributed by atoms with E-state index in [1.807, 2.05) is 30.3 Å². The Morgan fingerprint density at radius 1 is 1.27 bits per heavy atom. The van der Waals surface area contributed by atoms with Crippen molar-refractivity contribution in [1.29, 1.82) is 0 Å². The van der Waals surface area contributed by atoms with Crippen molar-refractivity contribution in [1.82, 2.24) is 0 Å². The van der Waals surface area contributed by atoms with Crippen LogP contribution in [0.2, 0.25) is 0 Å². The number of aliphatic hydroxyl groups excluding tert-OH is 1. The molecular formula is C11H13BrHgO2. The third-order valence-corrected chi connectivity index (χ3v) is 2.46. The monoisotopic (exact) mass is 458 g/mol. The van der Waals surface area contributed by atoms with Crippen LogP contribution in [0.5, 0.6) is 0 Å². The molecule has 15 heavy (non-hydrogen) atoms. The van der Waals surface area contributed by atoms with Crippen molar-refractivity contribution in [2.45, 2.75) is 12.2 Å². The molecule has 2 nitrogen and oxygen atoms in total. The first kappa shape index (κ1) is 15.6. The second-order valence-corrected chi connectivity index (χ2v) is 3.40. The number of halogens is 1. The fraction of sp³-hybridized carbons (Fsp3) is 0.364. The van der Waals surface area contributed by atoms with Crippen molar-refractivity contribution in [3.05, 3.63) is 42.8 Å². The standard InChI is InChI=1S/C11H13O2.BrH.Hg/c1-8-10(12)7-13-11(8)9-5-3-2-4-6-9;;/h2-6,8,10-12H,1,7H2;1H;/q;;+1/p-1/t8-,10+,11+;;/m0../s1. The number of hydrogen-bond acceptors (Lipinski definition) is 2. The van der Waals surface area contributed by atoms with Gasteiger partial charge in [0.2, 0.25) is 0 Å². The van der Waals surface area contributed by atoms with E-state index in [9.17, 15) is 5.11 Å². The molecule has 2 rings (SSSR count). The molecule has 2 radical (unpaired) electrons. The summed E-state index contributed by atoms with van der Waals surface area (Å²) in [6.07, 6.45) is -0.471. The Hall–Kier alpha value is 0.555. The van der Waals surface area contributed by atoms with Gasteiger partial charge in [0.1, 0.15) is 0 Å². The van der Waals surface area contributed by atoms with Crippen molar-refractivity contribution in [3.8, 4) is 0 Å². The Labute approximate surface area is 121 Å². The van der Waals surface area contributed by atoms with E-state index in [-0.39, 0.29) is 56.7 Å². The van der Waals surface area contributed by atoms with Gasteiger partial charge in [0.15, 0.2) is 0 Å². The molecular weight excluding hydrogens is 445 g/mol. The summed E-state index contributed by atoms with van der Waals surface area (Å²) >= 11 is 0. The molecule has 0 aromatic heterocycles. The van der Waals surface area contributed by atoms with Crippen molar-refractivity contribution < 1.29 is 54.5 Å². The molecule has 1 aliphatic heterocycles. The molecule has 3 atom stereocenters. The topological polar surface area (TPSA) is 29.5 Å². The zero-order chi connectivity index (χ0) is 9.26. The summed E-state index contributed by atoms with van der Waals surface area (Å²) in [7, 11) is 0. The van der Waals surface area contributed by atoms with Crippen LogP contribution < -0.4 is 17.0 Å². The van der Waals surface area contributed by atoms with E-state index in [0.29, 0.717) is 6.61 Å². The van der Waals surface area contributed by atoms with E-state index in [2.05, 4.69) is 6.92 Å². The van der Waals surface area contributed by atoms with Gasteiger partial charge in [-0.25, -0.2) is 0 Å². The van der Waals surface area contributed by atoms with Gasteiger partial charge < -0.3 is 26.8 Å². The summed E-state index contributed by atoms with van der Waals surface area (Å²) in [6, 6.07) is 9.90. The average molecular weight is 458 g/mol. The molecule has 0 saturated carbocycles. The first-order valence-electron chi connectivity index (χ1n) is 4.47. The number of ether oxygens (including phenoxy) is 1. The first-order chi connectivity index (χ1) is 6.29. The van der Waals surface area contributed by atoms with Crippen molar-refractivity contribution >= 4 is 0 Å². The maximum absolute atomic E-state index is 9.44. The number of hydrogen-bond donors (Lipinski definition) is 1. The minimum atomic E-state index is -0.426. The molecule has 1 fully saturated rings. The summed E-state index contributed by atoms with van der Waals surface area (Å²) in [5.74, 6) is -0.0533. The molecule has 0 amide bonds. The van der Waals surface area contributed by atoms with E-state index < -0.39 is 6.10 Å². The molecule has 1 N–H and O–H groups in total. The third-order valence-electron chi connectivity index (χ3n) is 2.46. The van der Waals surface area contributed by atoms with Crippen molar-refractivity contribution in [2.75, 3.05) is 6.61 Å². The van der Waals surface area contributed by atoms with Gasteiger partial charge in [-0.1, -0.05) is 30.3 Å². The zero-order valence-corrected chi connectivity index (χ0v) is 15.6. The van der Waals surface area contributed by atoms with Crippen LogP contribution >= 0.6 is 0 Å². The Morgan fingerprint density at radius 2 is 1.87 bits per heavy atom. The smallest absolute Gasteiger partial charge is 1.00 e. The summed E-state index contributed by atoms with van der Waals surface area (Å²) in [5, 5.41) is 9.44. The van der Waals surface area contributed by atoms with Gasteiger partial charge in [-0.15, -0.1) is 0 Å². The van der Waals surface area contributed by atoms with Gasteiger partial charge in [-0.2, -0.15) is 0 Å². The molecule has 0 aliphatic carbocycles. The summed E-state index contributed by atoms with van der Waals surface area (Å²) in [5.41, 5.74) is 1.10. The largest absolute Gasteiger partial charge is 1.00 e. The van der Waals surface area contributed by atoms with Crippen LogP contribution in [0.25, 0.3) is 0 Å². The maximum atomic E-state index is 9.44. The Bertz CT molecular complexity index is 281. The Morgan fingerprint density at radius 3 is 2.33 bits per heavy atom. The normalized spacial score (nSPS) is 29.1. The van der Waals surface area contributed by atoms with Gasteiger partial charge in [-0.05, 0) is 12.5 Å². The summed E-state index contributed by atoms with van der Waals surface area (Å²) < 4.78 is 5.45. The van der Waals surface area contributed by atoms with Crippen LogP contribution in [-0.2, 0) is 32.4 Å². The fourth-order valence-corrected chi connectivity index (χ4v) is 1.64. The van der Waals surface area contributed by atoms with Gasteiger partial charge in [0.25, 0.3) is 0 Å². The zero-order valence-electron chi connectivity index (χ0n) is 8.47. The van der Waals surface area contributed by atoms with Crippen molar-refractivity contribution in [3.63, 3.8) is 0 Å². The van der Waals surface area contributed by atoms with E-state index >= 15 is 0 Å². The van der Waals surface area contributed by atoms with Crippen LogP contribution in [0, 0.1) is 12.8 Å². The predicted molar refractivity (Wildman–Crippen MR) is 50.0 cm³/mol. The van der Waals surface area contributed by atoms with E-state index in [1.165, 1.54) is 0 Å². The number of rotatable bonds is 1. The SMILES string of the molecule is [Br-].[CH2][C@H]1[C@H](O)CO[C@H]1c1ccccc1.[Hg+]. The number of benzene rings is 1. The average Bonchev–Trinajstić information content (AvgIpc) is 2.49. The molecule has 1 aliphatic rings. The molecule has 0 bridgehead atoms. The second-order valence-electron chi connectivity index (χ2n) is 3.40. The second kappa shape index (κ2) is 6.99. The minimum absolute atomic E-state index is 0. The van der Waals surface area contributed by atoms with Gasteiger partial charge in [-0.3, -0.25) is 0 Å². The van der Waals surface area contributed by atoms with Crippen LogP contribution in [0.15, 0.2) is 30.3 Å². The van der Waals surface area contributed by atoms with E-state index in [0.717, 1.165) is 5.56 Å². The molecule has 78 valence electrons. The molecule has 0 unspecified atom stereocenters. The summed E-state index contributed by atoms with van der Waals surface area (Å²) in [6.45, 7) is 4.30. The maximum Gasteiger partial charge on any atom is 1.00 e. The quantitative estimate of drug-likeness (QED) is 0.524. The molecule has 1 saturated heterocycles. The van der Waals surface area contributed by atoms with Gasteiger partial charge in [0.05, 0.1) is 18.8 Å². The minimum Gasteiger partial charge on any atom is -1.00 e. The molecule has 0 spiro atoms. The molecule has 1 aromatic rings. The molecule has 4 heteroatoms. The fourth-order valence-electron chi connectivity index (χ4n) is 1.64. The Kier molecular flexibility index (Phi) is 7.25. The Balaban J connectivity index is 0.000000980. The predicted octanol–water partition coefficient (Wildman–Crippen LogP) is -1.43. The van der Waals surface area contributed by atoms with E-state index in [4.69, 9.17) is 4.74 Å². The van der Waals surface area contributed by atoms with Crippen LogP contribution in [-0.4, -0.2) is 17.8 Å². The van der Waals surface area contributed by atoms with Crippen LogP contribution in [0.1, 0.15) is 11.7 Å². The molecule has 1 aromatic carbocycles. The van der Waals surface area contributed by atoms with Crippen LogP contribution in [0.3, 0.4) is 0 Å².